The maximum Gasteiger partial charge on any atom is 0.226 e. The molecule has 4 rings (SSSR count). The molecule has 0 bridgehead atoms. The highest BCUT2D eigenvalue weighted by Gasteiger charge is 2.31. The van der Waals surface area contributed by atoms with E-state index in [9.17, 15) is 9.18 Å². The third kappa shape index (κ3) is 4.81. The van der Waals surface area contributed by atoms with Crippen LogP contribution in [0.5, 0.6) is 5.75 Å². The first kappa shape index (κ1) is 20.4. The molecule has 0 saturated heterocycles. The number of benzene rings is 2. The minimum absolute atomic E-state index is 0.0574. The average molecular weight is 410 g/mol. The van der Waals surface area contributed by atoms with Crippen LogP contribution in [-0.4, -0.2) is 36.3 Å². The molecule has 2 aliphatic rings. The highest BCUT2D eigenvalue weighted by atomic mass is 19.1. The van der Waals surface area contributed by atoms with Gasteiger partial charge >= 0.3 is 0 Å². The van der Waals surface area contributed by atoms with E-state index in [1.54, 1.807) is 13.2 Å². The summed E-state index contributed by atoms with van der Waals surface area (Å²) in [5, 5.41) is 4.25. The molecular formula is C24H27FN2O3. The van der Waals surface area contributed by atoms with Crippen molar-refractivity contribution in [3.63, 3.8) is 0 Å². The van der Waals surface area contributed by atoms with Crippen molar-refractivity contribution in [2.24, 2.45) is 11.1 Å². The molecule has 1 atom stereocenters. The van der Waals surface area contributed by atoms with Gasteiger partial charge in [0, 0.05) is 18.9 Å². The lowest BCUT2D eigenvalue weighted by molar-refractivity contribution is -0.137. The topological polar surface area (TPSA) is 51.1 Å². The van der Waals surface area contributed by atoms with Gasteiger partial charge in [-0.2, -0.15) is 0 Å². The molecule has 158 valence electrons. The molecule has 1 fully saturated rings. The minimum atomic E-state index is -0.289. The SMILES string of the molecule is COc1ccc(C2=NOC(CN(Cc3cccc(F)c3)C(=O)C3CCCC3)C2)cc1. The quantitative estimate of drug-likeness (QED) is 0.673. The van der Waals surface area contributed by atoms with Gasteiger partial charge in [0.2, 0.25) is 5.91 Å². The molecule has 2 aromatic rings. The maximum atomic E-state index is 13.7. The van der Waals surface area contributed by atoms with Gasteiger partial charge in [-0.15, -0.1) is 0 Å². The summed E-state index contributed by atoms with van der Waals surface area (Å²) in [5.74, 6) is 0.696. The van der Waals surface area contributed by atoms with Crippen LogP contribution >= 0.6 is 0 Å². The van der Waals surface area contributed by atoms with E-state index >= 15 is 0 Å². The third-order valence-corrected chi connectivity index (χ3v) is 5.86. The summed E-state index contributed by atoms with van der Waals surface area (Å²) in [6.45, 7) is 0.819. The molecular weight excluding hydrogens is 383 g/mol. The van der Waals surface area contributed by atoms with Gasteiger partial charge in [0.15, 0.2) is 6.10 Å². The third-order valence-electron chi connectivity index (χ3n) is 5.86. The number of nitrogens with zero attached hydrogens (tertiary/aromatic N) is 2. The second-order valence-corrected chi connectivity index (χ2v) is 8.03. The molecule has 30 heavy (non-hydrogen) atoms. The number of hydrogen-bond donors (Lipinski definition) is 0. The first-order chi connectivity index (χ1) is 14.6. The van der Waals surface area contributed by atoms with Gasteiger partial charge in [-0.3, -0.25) is 4.79 Å². The lowest BCUT2D eigenvalue weighted by atomic mass is 10.0. The van der Waals surface area contributed by atoms with Crippen molar-refractivity contribution in [2.75, 3.05) is 13.7 Å². The number of hydrogen-bond acceptors (Lipinski definition) is 4. The van der Waals surface area contributed by atoms with E-state index in [4.69, 9.17) is 9.57 Å². The Morgan fingerprint density at radius 3 is 2.67 bits per heavy atom. The van der Waals surface area contributed by atoms with Crippen molar-refractivity contribution >= 4 is 11.6 Å². The van der Waals surface area contributed by atoms with E-state index in [-0.39, 0.29) is 23.7 Å². The lowest BCUT2D eigenvalue weighted by Gasteiger charge is -2.27. The predicted molar refractivity (Wildman–Crippen MR) is 113 cm³/mol. The monoisotopic (exact) mass is 410 g/mol. The van der Waals surface area contributed by atoms with Gasteiger partial charge in [-0.05, 0) is 60.4 Å². The van der Waals surface area contributed by atoms with E-state index in [1.807, 2.05) is 35.2 Å². The van der Waals surface area contributed by atoms with Gasteiger partial charge in [-0.1, -0.05) is 30.1 Å². The molecule has 0 radical (unpaired) electrons. The number of ether oxygens (including phenoxy) is 1. The molecule has 1 aliphatic carbocycles. The fraction of sp³-hybridized carbons (Fsp3) is 0.417. The van der Waals surface area contributed by atoms with Crippen LogP contribution in [-0.2, 0) is 16.2 Å². The zero-order chi connectivity index (χ0) is 20.9. The van der Waals surface area contributed by atoms with Crippen LogP contribution in [0.15, 0.2) is 53.7 Å². The summed E-state index contributed by atoms with van der Waals surface area (Å²) in [4.78, 5) is 20.7. The number of methoxy groups -OCH3 is 1. The fourth-order valence-corrected chi connectivity index (χ4v) is 4.25. The number of halogens is 1. The van der Waals surface area contributed by atoms with Gasteiger partial charge in [0.25, 0.3) is 0 Å². The second-order valence-electron chi connectivity index (χ2n) is 8.03. The normalized spacial score (nSPS) is 18.7. The van der Waals surface area contributed by atoms with Crippen molar-refractivity contribution in [2.45, 2.75) is 44.8 Å². The smallest absolute Gasteiger partial charge is 0.226 e. The molecule has 1 unspecified atom stereocenters. The summed E-state index contributed by atoms with van der Waals surface area (Å²) in [7, 11) is 1.63. The maximum absolute atomic E-state index is 13.7. The van der Waals surface area contributed by atoms with Gasteiger partial charge in [0.1, 0.15) is 11.6 Å². The Morgan fingerprint density at radius 1 is 1.20 bits per heavy atom. The summed E-state index contributed by atoms with van der Waals surface area (Å²) >= 11 is 0. The highest BCUT2D eigenvalue weighted by molar-refractivity contribution is 6.01. The van der Waals surface area contributed by atoms with E-state index in [1.165, 1.54) is 12.1 Å². The van der Waals surface area contributed by atoms with Crippen molar-refractivity contribution < 1.29 is 18.8 Å². The van der Waals surface area contributed by atoms with Crippen LogP contribution in [0.25, 0.3) is 0 Å². The lowest BCUT2D eigenvalue weighted by Crippen LogP contribution is -2.40. The summed E-state index contributed by atoms with van der Waals surface area (Å²) in [5.41, 5.74) is 2.63. The minimum Gasteiger partial charge on any atom is -0.497 e. The molecule has 0 aromatic heterocycles. The predicted octanol–water partition coefficient (Wildman–Crippen LogP) is 4.55. The van der Waals surface area contributed by atoms with Gasteiger partial charge in [0.05, 0.1) is 19.4 Å². The van der Waals surface area contributed by atoms with Gasteiger partial charge in [-0.25, -0.2) is 4.39 Å². The first-order valence-electron chi connectivity index (χ1n) is 10.5. The summed E-state index contributed by atoms with van der Waals surface area (Å²) < 4.78 is 18.9. The Kier molecular flexibility index (Phi) is 6.31. The molecule has 1 aliphatic heterocycles. The van der Waals surface area contributed by atoms with Crippen molar-refractivity contribution in [1.29, 1.82) is 0 Å². The molecule has 1 saturated carbocycles. The summed E-state index contributed by atoms with van der Waals surface area (Å²) in [6, 6.07) is 14.1. The van der Waals surface area contributed by atoms with Crippen LogP contribution in [0.4, 0.5) is 4.39 Å². The van der Waals surface area contributed by atoms with E-state index < -0.39 is 0 Å². The Hall–Kier alpha value is -2.89. The zero-order valence-electron chi connectivity index (χ0n) is 17.2. The number of amides is 1. The molecule has 1 amide bonds. The Bertz CT molecular complexity index is 907. The highest BCUT2D eigenvalue weighted by Crippen LogP contribution is 2.28. The number of rotatable bonds is 7. The van der Waals surface area contributed by atoms with E-state index in [2.05, 4.69) is 5.16 Å². The zero-order valence-corrected chi connectivity index (χ0v) is 17.2. The largest absolute Gasteiger partial charge is 0.497 e. The first-order valence-corrected chi connectivity index (χ1v) is 10.5. The van der Waals surface area contributed by atoms with Gasteiger partial charge < -0.3 is 14.5 Å². The van der Waals surface area contributed by atoms with E-state index in [0.29, 0.717) is 19.5 Å². The van der Waals surface area contributed by atoms with Crippen molar-refractivity contribution in [1.82, 2.24) is 4.90 Å². The fourth-order valence-electron chi connectivity index (χ4n) is 4.25. The van der Waals surface area contributed by atoms with Crippen LogP contribution in [0.2, 0.25) is 0 Å². The van der Waals surface area contributed by atoms with Crippen LogP contribution in [0.1, 0.15) is 43.2 Å². The molecule has 0 spiro atoms. The summed E-state index contributed by atoms with van der Waals surface area (Å²) in [6.07, 6.45) is 4.46. The Labute approximate surface area is 176 Å². The second kappa shape index (κ2) is 9.28. The molecule has 6 heteroatoms. The molecule has 2 aromatic carbocycles. The standard InChI is InChI=1S/C24H27FN2O3/c1-29-21-11-9-18(10-12-21)23-14-22(30-26-23)16-27(24(28)19-6-2-3-7-19)15-17-5-4-8-20(25)13-17/h4-5,8-13,19,22H,2-3,6-7,14-16H2,1H3. The Balaban J connectivity index is 1.44. The molecule has 5 nitrogen and oxygen atoms in total. The van der Waals surface area contributed by atoms with Crippen LogP contribution in [0, 0.1) is 11.7 Å². The van der Waals surface area contributed by atoms with Crippen molar-refractivity contribution in [3.05, 3.63) is 65.5 Å². The average Bonchev–Trinajstić information content (AvgIpc) is 3.45. The molecule has 1 heterocycles. The molecule has 0 N–H and O–H groups in total. The number of oxime groups is 1. The van der Waals surface area contributed by atoms with Crippen molar-refractivity contribution in [3.8, 4) is 5.75 Å². The van der Waals surface area contributed by atoms with Crippen LogP contribution < -0.4 is 4.74 Å². The number of carbonyl (C=O) groups is 1. The van der Waals surface area contributed by atoms with Crippen LogP contribution in [0.3, 0.4) is 0 Å². The van der Waals surface area contributed by atoms with E-state index in [0.717, 1.165) is 48.3 Å². The Morgan fingerprint density at radius 2 is 1.97 bits per heavy atom. The number of carbonyl (C=O) groups excluding carboxylic acids is 1.